The van der Waals surface area contributed by atoms with Crippen LogP contribution in [0.3, 0.4) is 0 Å². The maximum absolute atomic E-state index is 10.6. The highest BCUT2D eigenvalue weighted by Gasteiger charge is 2.08. The highest BCUT2D eigenvalue weighted by atomic mass is 32.2. The van der Waals surface area contributed by atoms with Gasteiger partial charge in [0.2, 0.25) is 0 Å². The van der Waals surface area contributed by atoms with Crippen LogP contribution in [0.5, 0.6) is 11.5 Å². The van der Waals surface area contributed by atoms with Gasteiger partial charge < -0.3 is 13.9 Å². The van der Waals surface area contributed by atoms with Gasteiger partial charge in [0.25, 0.3) is 16.8 Å². The third-order valence-corrected chi connectivity index (χ3v) is 4.54. The van der Waals surface area contributed by atoms with Gasteiger partial charge in [-0.2, -0.15) is 0 Å². The highest BCUT2D eigenvalue weighted by molar-refractivity contribution is 7.99. The van der Waals surface area contributed by atoms with Gasteiger partial charge in [0.1, 0.15) is 11.5 Å². The van der Waals surface area contributed by atoms with Gasteiger partial charge in [0, 0.05) is 17.9 Å². The maximum atomic E-state index is 10.6. The minimum Gasteiger partial charge on any atom is -0.494 e. The monoisotopic (exact) mass is 401 g/mol. The van der Waals surface area contributed by atoms with E-state index in [2.05, 4.69) is 10.2 Å². The number of hydrogen-bond acceptors (Lipinski definition) is 8. The fraction of sp³-hybridized carbons (Fsp3) is 0.263. The molecule has 0 aliphatic carbocycles. The van der Waals surface area contributed by atoms with Gasteiger partial charge in [-0.25, -0.2) is 0 Å². The molecule has 0 N–H and O–H groups in total. The molecule has 1 heterocycles. The standard InChI is InChI=1S/C19H19N3O5S/c1-14-4-2-5-17(12-14)26-13-18-20-21-19(27-18)28-11-3-10-25-16-8-6-15(7-9-16)22(23)24/h2,4-9,12H,3,10-11,13H2,1H3. The first-order valence-corrected chi connectivity index (χ1v) is 9.60. The third kappa shape index (κ3) is 5.98. The van der Waals surface area contributed by atoms with Crippen LogP contribution in [0.25, 0.3) is 0 Å². The molecule has 8 nitrogen and oxygen atoms in total. The summed E-state index contributed by atoms with van der Waals surface area (Å²) in [6.45, 7) is 2.71. The summed E-state index contributed by atoms with van der Waals surface area (Å²) in [5.41, 5.74) is 1.16. The molecule has 0 aliphatic heterocycles. The van der Waals surface area contributed by atoms with Gasteiger partial charge >= 0.3 is 0 Å². The van der Waals surface area contributed by atoms with Crippen molar-refractivity contribution < 1.29 is 18.8 Å². The smallest absolute Gasteiger partial charge is 0.276 e. The number of thioether (sulfide) groups is 1. The molecule has 0 saturated carbocycles. The molecule has 3 rings (SSSR count). The van der Waals surface area contributed by atoms with Crippen molar-refractivity contribution in [3.05, 3.63) is 70.1 Å². The first-order valence-electron chi connectivity index (χ1n) is 8.62. The minimum absolute atomic E-state index is 0.0430. The van der Waals surface area contributed by atoms with Crippen molar-refractivity contribution in [1.82, 2.24) is 10.2 Å². The molecule has 3 aromatic rings. The van der Waals surface area contributed by atoms with Crippen LogP contribution in [0.15, 0.2) is 58.2 Å². The second-order valence-corrected chi connectivity index (χ2v) is 6.91. The summed E-state index contributed by atoms with van der Waals surface area (Å²) < 4.78 is 16.7. The van der Waals surface area contributed by atoms with Crippen molar-refractivity contribution in [2.45, 2.75) is 25.2 Å². The number of nitro groups is 1. The van der Waals surface area contributed by atoms with E-state index < -0.39 is 4.92 Å². The average molecular weight is 401 g/mol. The zero-order valence-electron chi connectivity index (χ0n) is 15.2. The fourth-order valence-corrected chi connectivity index (χ4v) is 2.97. The third-order valence-electron chi connectivity index (χ3n) is 3.63. The van der Waals surface area contributed by atoms with Crippen LogP contribution < -0.4 is 9.47 Å². The van der Waals surface area contributed by atoms with Crippen LogP contribution >= 0.6 is 11.8 Å². The summed E-state index contributed by atoms with van der Waals surface area (Å²) in [6.07, 6.45) is 0.763. The number of ether oxygens (including phenoxy) is 2. The van der Waals surface area contributed by atoms with Crippen molar-refractivity contribution in [2.24, 2.45) is 0 Å². The Bertz CT molecular complexity index is 914. The zero-order chi connectivity index (χ0) is 19.8. The van der Waals surface area contributed by atoms with E-state index in [1.807, 2.05) is 31.2 Å². The Labute approximate surface area is 166 Å². The lowest BCUT2D eigenvalue weighted by atomic mass is 10.2. The molecule has 0 spiro atoms. The second-order valence-electron chi connectivity index (χ2n) is 5.87. The minimum atomic E-state index is -0.439. The number of nitro benzene ring substituents is 1. The van der Waals surface area contributed by atoms with E-state index in [4.69, 9.17) is 13.9 Å². The van der Waals surface area contributed by atoms with Gasteiger partial charge in [0.15, 0.2) is 6.61 Å². The molecule has 0 atom stereocenters. The maximum Gasteiger partial charge on any atom is 0.276 e. The molecular weight excluding hydrogens is 382 g/mol. The highest BCUT2D eigenvalue weighted by Crippen LogP contribution is 2.20. The van der Waals surface area contributed by atoms with Gasteiger partial charge in [-0.3, -0.25) is 10.1 Å². The lowest BCUT2D eigenvalue weighted by molar-refractivity contribution is -0.384. The van der Waals surface area contributed by atoms with E-state index in [0.29, 0.717) is 23.5 Å². The largest absolute Gasteiger partial charge is 0.494 e. The number of hydrogen-bond donors (Lipinski definition) is 0. The number of nitrogens with zero attached hydrogens (tertiary/aromatic N) is 3. The summed E-state index contributed by atoms with van der Waals surface area (Å²) in [6, 6.07) is 13.8. The molecule has 0 radical (unpaired) electrons. The molecule has 146 valence electrons. The number of non-ortho nitro benzene ring substituents is 1. The van der Waals surface area contributed by atoms with Crippen molar-refractivity contribution in [1.29, 1.82) is 0 Å². The summed E-state index contributed by atoms with van der Waals surface area (Å²) in [4.78, 5) is 10.2. The lowest BCUT2D eigenvalue weighted by Crippen LogP contribution is -1.99. The Hall–Kier alpha value is -3.07. The SMILES string of the molecule is Cc1cccc(OCc2nnc(SCCCOc3ccc([N+](=O)[O-])cc3)o2)c1. The summed E-state index contributed by atoms with van der Waals surface area (Å²) in [5.74, 6) is 2.53. The van der Waals surface area contributed by atoms with Crippen molar-refractivity contribution in [2.75, 3.05) is 12.4 Å². The quantitative estimate of drug-likeness (QED) is 0.213. The summed E-state index contributed by atoms with van der Waals surface area (Å²) in [5, 5.41) is 19.1. The van der Waals surface area contributed by atoms with E-state index in [9.17, 15) is 10.1 Å². The molecule has 2 aromatic carbocycles. The van der Waals surface area contributed by atoms with Gasteiger partial charge in [0.05, 0.1) is 11.5 Å². The summed E-state index contributed by atoms with van der Waals surface area (Å²) >= 11 is 1.44. The topological polar surface area (TPSA) is 101 Å². The Morgan fingerprint density at radius 3 is 2.68 bits per heavy atom. The van der Waals surface area contributed by atoms with E-state index in [1.165, 1.54) is 23.9 Å². The number of aryl methyl sites for hydroxylation is 1. The average Bonchev–Trinajstić information content (AvgIpc) is 3.14. The van der Waals surface area contributed by atoms with E-state index in [0.717, 1.165) is 23.5 Å². The Kier molecular flexibility index (Phi) is 6.85. The predicted molar refractivity (Wildman–Crippen MR) is 104 cm³/mol. The molecule has 0 fully saturated rings. The van der Waals surface area contributed by atoms with Crippen LogP contribution in [-0.2, 0) is 6.61 Å². The fourth-order valence-electron chi connectivity index (χ4n) is 2.28. The first-order chi connectivity index (χ1) is 13.6. The normalized spacial score (nSPS) is 10.6. The van der Waals surface area contributed by atoms with Gasteiger partial charge in [-0.1, -0.05) is 23.9 Å². The number of aromatic nitrogens is 2. The van der Waals surface area contributed by atoms with Gasteiger partial charge in [-0.05, 0) is 43.2 Å². The second kappa shape index (κ2) is 9.75. The Morgan fingerprint density at radius 2 is 1.93 bits per heavy atom. The first kappa shape index (κ1) is 19.7. The molecule has 0 aliphatic rings. The Morgan fingerprint density at radius 1 is 1.11 bits per heavy atom. The van der Waals surface area contributed by atoms with E-state index >= 15 is 0 Å². The lowest BCUT2D eigenvalue weighted by Gasteiger charge is -2.04. The summed E-state index contributed by atoms with van der Waals surface area (Å²) in [7, 11) is 0. The zero-order valence-corrected chi connectivity index (χ0v) is 16.1. The van der Waals surface area contributed by atoms with Crippen LogP contribution in [0.4, 0.5) is 5.69 Å². The predicted octanol–water partition coefficient (Wildman–Crippen LogP) is 4.43. The van der Waals surface area contributed by atoms with Crippen molar-refractivity contribution >= 4 is 17.4 Å². The van der Waals surface area contributed by atoms with Crippen molar-refractivity contribution in [3.63, 3.8) is 0 Å². The van der Waals surface area contributed by atoms with Gasteiger partial charge in [-0.15, -0.1) is 10.2 Å². The Balaban J connectivity index is 1.34. The molecule has 1 aromatic heterocycles. The molecular formula is C19H19N3O5S. The molecule has 28 heavy (non-hydrogen) atoms. The van der Waals surface area contributed by atoms with Crippen LogP contribution in [0, 0.1) is 17.0 Å². The molecule has 0 amide bonds. The van der Waals surface area contributed by atoms with Crippen LogP contribution in [0.1, 0.15) is 17.9 Å². The molecule has 0 unspecified atom stereocenters. The van der Waals surface area contributed by atoms with Crippen LogP contribution in [0.2, 0.25) is 0 Å². The molecule has 9 heteroatoms. The van der Waals surface area contributed by atoms with E-state index in [-0.39, 0.29) is 12.3 Å². The van der Waals surface area contributed by atoms with E-state index in [1.54, 1.807) is 12.1 Å². The van der Waals surface area contributed by atoms with Crippen LogP contribution in [-0.4, -0.2) is 27.5 Å². The molecule has 0 bridgehead atoms. The van der Waals surface area contributed by atoms with Crippen molar-refractivity contribution in [3.8, 4) is 11.5 Å². The number of rotatable bonds is 10. The molecule has 0 saturated heterocycles. The number of benzene rings is 2.